The van der Waals surface area contributed by atoms with Crippen molar-refractivity contribution in [2.24, 2.45) is 0 Å². The fourth-order valence-corrected chi connectivity index (χ4v) is 1.11. The van der Waals surface area contributed by atoms with E-state index in [2.05, 4.69) is 6.92 Å². The minimum Gasteiger partial charge on any atom is -0.480 e. The van der Waals surface area contributed by atoms with Crippen molar-refractivity contribution in [1.82, 2.24) is 4.90 Å². The van der Waals surface area contributed by atoms with Gasteiger partial charge in [0.1, 0.15) is 6.04 Å². The molecule has 13 heavy (non-hydrogen) atoms. The van der Waals surface area contributed by atoms with Crippen molar-refractivity contribution >= 4 is 5.97 Å². The first kappa shape index (κ1) is 12.4. The molecule has 0 aromatic heterocycles. The van der Waals surface area contributed by atoms with Crippen LogP contribution in [0.2, 0.25) is 0 Å². The van der Waals surface area contributed by atoms with Crippen molar-refractivity contribution in [2.75, 3.05) is 27.3 Å². The van der Waals surface area contributed by atoms with Crippen LogP contribution in [0.5, 0.6) is 0 Å². The molecule has 0 bridgehead atoms. The van der Waals surface area contributed by atoms with E-state index in [1.165, 1.54) is 7.11 Å². The molecule has 1 N–H and O–H groups in total. The second-order valence-electron chi connectivity index (χ2n) is 3.14. The van der Waals surface area contributed by atoms with Crippen LogP contribution >= 0.6 is 0 Å². The van der Waals surface area contributed by atoms with Gasteiger partial charge in [-0.25, -0.2) is 0 Å². The lowest BCUT2D eigenvalue weighted by Crippen LogP contribution is -2.42. The summed E-state index contributed by atoms with van der Waals surface area (Å²) in [5.41, 5.74) is 0. The zero-order valence-electron chi connectivity index (χ0n) is 8.62. The SMILES string of the molecule is CCCCN(C)C(COC)C(=O)O. The van der Waals surface area contributed by atoms with Crippen molar-refractivity contribution in [1.29, 1.82) is 0 Å². The molecule has 78 valence electrons. The summed E-state index contributed by atoms with van der Waals surface area (Å²) >= 11 is 0. The molecule has 0 fully saturated rings. The van der Waals surface area contributed by atoms with Gasteiger partial charge in [-0.05, 0) is 20.0 Å². The van der Waals surface area contributed by atoms with E-state index in [4.69, 9.17) is 9.84 Å². The van der Waals surface area contributed by atoms with E-state index in [-0.39, 0.29) is 6.61 Å². The maximum absolute atomic E-state index is 10.8. The zero-order chi connectivity index (χ0) is 10.3. The summed E-state index contributed by atoms with van der Waals surface area (Å²) in [5.74, 6) is -0.819. The van der Waals surface area contributed by atoms with Crippen molar-refractivity contribution in [3.63, 3.8) is 0 Å². The number of hydrogen-bond acceptors (Lipinski definition) is 3. The molecule has 0 aliphatic carbocycles. The Hall–Kier alpha value is -0.610. The zero-order valence-corrected chi connectivity index (χ0v) is 8.62. The summed E-state index contributed by atoms with van der Waals surface area (Å²) in [7, 11) is 3.33. The first-order valence-corrected chi connectivity index (χ1v) is 4.55. The van der Waals surface area contributed by atoms with E-state index >= 15 is 0 Å². The standard InChI is InChI=1S/C9H19NO3/c1-4-5-6-10(2)8(7-13-3)9(11)12/h8H,4-7H2,1-3H3,(H,11,12). The third kappa shape index (κ3) is 4.85. The number of rotatable bonds is 7. The number of carbonyl (C=O) groups is 1. The van der Waals surface area contributed by atoms with Gasteiger partial charge in [0.25, 0.3) is 0 Å². The number of nitrogens with zero attached hydrogens (tertiary/aromatic N) is 1. The number of hydrogen-bond donors (Lipinski definition) is 1. The molecule has 4 heteroatoms. The van der Waals surface area contributed by atoms with Gasteiger partial charge < -0.3 is 9.84 Å². The summed E-state index contributed by atoms with van der Waals surface area (Å²) in [6.45, 7) is 3.13. The molecule has 0 aromatic carbocycles. The Morgan fingerprint density at radius 3 is 2.62 bits per heavy atom. The van der Waals surface area contributed by atoms with E-state index in [9.17, 15) is 4.79 Å². The lowest BCUT2D eigenvalue weighted by atomic mass is 10.2. The topological polar surface area (TPSA) is 49.8 Å². The van der Waals surface area contributed by atoms with E-state index in [1.54, 1.807) is 0 Å². The van der Waals surface area contributed by atoms with Crippen molar-refractivity contribution < 1.29 is 14.6 Å². The molecular formula is C9H19NO3. The van der Waals surface area contributed by atoms with E-state index < -0.39 is 12.0 Å². The predicted octanol–water partition coefficient (Wildman–Crippen LogP) is 0.818. The fourth-order valence-electron chi connectivity index (χ4n) is 1.11. The van der Waals surface area contributed by atoms with Crippen LogP contribution in [0.15, 0.2) is 0 Å². The fraction of sp³-hybridized carbons (Fsp3) is 0.889. The highest BCUT2D eigenvalue weighted by molar-refractivity contribution is 5.73. The van der Waals surface area contributed by atoms with Crippen molar-refractivity contribution in [3.8, 4) is 0 Å². The monoisotopic (exact) mass is 189 g/mol. The van der Waals surface area contributed by atoms with Gasteiger partial charge in [0, 0.05) is 7.11 Å². The number of methoxy groups -OCH3 is 1. The van der Waals surface area contributed by atoms with Gasteiger partial charge in [-0.1, -0.05) is 13.3 Å². The van der Waals surface area contributed by atoms with Crippen LogP contribution in [0.1, 0.15) is 19.8 Å². The molecule has 4 nitrogen and oxygen atoms in total. The van der Waals surface area contributed by atoms with Gasteiger partial charge >= 0.3 is 5.97 Å². The minimum absolute atomic E-state index is 0.246. The van der Waals surface area contributed by atoms with E-state index in [0.29, 0.717) is 0 Å². The molecule has 0 aliphatic heterocycles. The summed E-state index contributed by atoms with van der Waals surface area (Å²) in [4.78, 5) is 12.6. The van der Waals surface area contributed by atoms with Crippen LogP contribution in [-0.4, -0.2) is 49.3 Å². The summed E-state index contributed by atoms with van der Waals surface area (Å²) in [6, 6.07) is -0.517. The molecule has 0 rings (SSSR count). The normalized spacial score (nSPS) is 13.2. The first-order valence-electron chi connectivity index (χ1n) is 4.55. The second kappa shape index (κ2) is 6.86. The number of ether oxygens (including phenoxy) is 1. The number of unbranched alkanes of at least 4 members (excludes halogenated alkanes) is 1. The molecule has 0 aromatic rings. The quantitative estimate of drug-likeness (QED) is 0.644. The summed E-state index contributed by atoms with van der Waals surface area (Å²) in [6.07, 6.45) is 2.09. The molecule has 0 saturated heterocycles. The number of carboxylic acid groups (broad SMARTS) is 1. The van der Waals surface area contributed by atoms with Crippen LogP contribution in [0.3, 0.4) is 0 Å². The second-order valence-corrected chi connectivity index (χ2v) is 3.14. The highest BCUT2D eigenvalue weighted by Gasteiger charge is 2.21. The van der Waals surface area contributed by atoms with E-state index in [1.807, 2.05) is 11.9 Å². The maximum Gasteiger partial charge on any atom is 0.323 e. The van der Waals surface area contributed by atoms with Crippen LogP contribution in [0, 0.1) is 0 Å². The Morgan fingerprint density at radius 1 is 1.62 bits per heavy atom. The molecule has 1 unspecified atom stereocenters. The third-order valence-corrected chi connectivity index (χ3v) is 2.01. The summed E-state index contributed by atoms with van der Waals surface area (Å²) < 4.78 is 4.84. The van der Waals surface area contributed by atoms with Gasteiger partial charge in [0.15, 0.2) is 0 Å². The van der Waals surface area contributed by atoms with Crippen molar-refractivity contribution in [2.45, 2.75) is 25.8 Å². The number of carboxylic acids is 1. The lowest BCUT2D eigenvalue weighted by molar-refractivity contribution is -0.144. The molecule has 0 saturated carbocycles. The largest absolute Gasteiger partial charge is 0.480 e. The van der Waals surface area contributed by atoms with Crippen LogP contribution in [-0.2, 0) is 9.53 Å². The third-order valence-electron chi connectivity index (χ3n) is 2.01. The molecule has 0 aliphatic rings. The lowest BCUT2D eigenvalue weighted by Gasteiger charge is -2.23. The Morgan fingerprint density at radius 2 is 2.23 bits per heavy atom. The Bertz CT molecular complexity index is 150. The Kier molecular flexibility index (Phi) is 6.54. The number of likely N-dealkylation sites (N-methyl/N-ethyl adjacent to an activating group) is 1. The predicted molar refractivity (Wildman–Crippen MR) is 50.8 cm³/mol. The minimum atomic E-state index is -0.819. The highest BCUT2D eigenvalue weighted by atomic mass is 16.5. The Labute approximate surface area is 79.5 Å². The average Bonchev–Trinajstić information content (AvgIpc) is 2.09. The maximum atomic E-state index is 10.8. The molecule has 1 atom stereocenters. The van der Waals surface area contributed by atoms with Gasteiger partial charge in [0.2, 0.25) is 0 Å². The summed E-state index contributed by atoms with van der Waals surface area (Å²) in [5, 5.41) is 8.85. The van der Waals surface area contributed by atoms with Crippen LogP contribution in [0.4, 0.5) is 0 Å². The van der Waals surface area contributed by atoms with Crippen LogP contribution < -0.4 is 0 Å². The Balaban J connectivity index is 3.95. The number of aliphatic carboxylic acids is 1. The average molecular weight is 189 g/mol. The van der Waals surface area contributed by atoms with Gasteiger partial charge in [-0.3, -0.25) is 9.69 Å². The van der Waals surface area contributed by atoms with Gasteiger partial charge in [0.05, 0.1) is 6.61 Å². The van der Waals surface area contributed by atoms with Crippen molar-refractivity contribution in [3.05, 3.63) is 0 Å². The van der Waals surface area contributed by atoms with Gasteiger partial charge in [-0.15, -0.1) is 0 Å². The smallest absolute Gasteiger partial charge is 0.323 e. The molecular weight excluding hydrogens is 170 g/mol. The van der Waals surface area contributed by atoms with Crippen LogP contribution in [0.25, 0.3) is 0 Å². The molecule has 0 spiro atoms. The highest BCUT2D eigenvalue weighted by Crippen LogP contribution is 2.00. The van der Waals surface area contributed by atoms with Gasteiger partial charge in [-0.2, -0.15) is 0 Å². The molecule has 0 heterocycles. The molecule has 0 radical (unpaired) electrons. The van der Waals surface area contributed by atoms with E-state index in [0.717, 1.165) is 19.4 Å². The molecule has 0 amide bonds. The first-order chi connectivity index (χ1) is 6.13.